The van der Waals surface area contributed by atoms with Crippen molar-refractivity contribution in [1.82, 2.24) is 10.2 Å². The van der Waals surface area contributed by atoms with Crippen molar-refractivity contribution < 1.29 is 32.7 Å². The van der Waals surface area contributed by atoms with Gasteiger partial charge in [0.15, 0.2) is 6.61 Å². The number of halogens is 2. The number of nitrogens with zero attached hydrogens (tertiary/aromatic N) is 1. The number of carbonyl (C=O) groups excluding carboxylic acids is 4. The second-order valence-electron chi connectivity index (χ2n) is 6.76. The Balaban J connectivity index is 1.44. The van der Waals surface area contributed by atoms with Crippen molar-refractivity contribution >= 4 is 29.5 Å². The number of rotatable bonds is 6. The van der Waals surface area contributed by atoms with Gasteiger partial charge in [-0.15, -0.1) is 0 Å². The average molecular weight is 395 g/mol. The Bertz CT molecular complexity index is 823. The number of hydrogen-bond acceptors (Lipinski definition) is 5. The van der Waals surface area contributed by atoms with Gasteiger partial charge in [-0.2, -0.15) is 0 Å². The molecule has 28 heavy (non-hydrogen) atoms. The molecule has 2 aliphatic rings. The van der Waals surface area contributed by atoms with E-state index in [2.05, 4.69) is 10.6 Å². The summed E-state index contributed by atoms with van der Waals surface area (Å²) in [6.45, 7) is -0.871. The van der Waals surface area contributed by atoms with Crippen molar-refractivity contribution in [1.29, 1.82) is 0 Å². The Morgan fingerprint density at radius 2 is 1.93 bits per heavy atom. The van der Waals surface area contributed by atoms with E-state index in [-0.39, 0.29) is 24.6 Å². The van der Waals surface area contributed by atoms with Crippen LogP contribution in [0.15, 0.2) is 18.2 Å². The molecule has 8 nitrogen and oxygen atoms in total. The smallest absolute Gasteiger partial charge is 0.325 e. The molecule has 1 aromatic carbocycles. The molecule has 1 saturated heterocycles. The molecule has 2 fully saturated rings. The molecule has 1 saturated carbocycles. The molecular formula is C18H19F2N3O5. The summed E-state index contributed by atoms with van der Waals surface area (Å²) in [6.07, 6.45) is 2.58. The number of anilines is 1. The summed E-state index contributed by atoms with van der Waals surface area (Å²) in [5, 5.41) is 4.79. The molecular weight excluding hydrogens is 376 g/mol. The first-order valence-electron chi connectivity index (χ1n) is 8.85. The van der Waals surface area contributed by atoms with Crippen LogP contribution in [0.2, 0.25) is 0 Å². The van der Waals surface area contributed by atoms with E-state index >= 15 is 0 Å². The van der Waals surface area contributed by atoms with Gasteiger partial charge in [-0.05, 0) is 25.0 Å². The van der Waals surface area contributed by atoms with E-state index in [0.717, 1.165) is 35.9 Å². The monoisotopic (exact) mass is 395 g/mol. The summed E-state index contributed by atoms with van der Waals surface area (Å²) in [5.74, 6) is -3.56. The third kappa shape index (κ3) is 4.10. The Labute approximate surface area is 159 Å². The molecule has 1 heterocycles. The highest BCUT2D eigenvalue weighted by atomic mass is 19.1. The van der Waals surface area contributed by atoms with Crippen LogP contribution in [0.1, 0.15) is 32.1 Å². The Morgan fingerprint density at radius 1 is 1.21 bits per heavy atom. The normalized spacial score (nSPS) is 17.7. The van der Waals surface area contributed by atoms with Gasteiger partial charge in [0.2, 0.25) is 0 Å². The maximum Gasteiger partial charge on any atom is 0.325 e. The zero-order valence-corrected chi connectivity index (χ0v) is 14.9. The molecule has 2 N–H and O–H groups in total. The Hall–Kier alpha value is -3.04. The number of ether oxygens (including phenoxy) is 1. The summed E-state index contributed by atoms with van der Waals surface area (Å²) >= 11 is 0. The fourth-order valence-corrected chi connectivity index (χ4v) is 3.40. The topological polar surface area (TPSA) is 105 Å². The third-order valence-corrected chi connectivity index (χ3v) is 4.81. The number of hydrogen-bond donors (Lipinski definition) is 2. The second-order valence-corrected chi connectivity index (χ2v) is 6.76. The third-order valence-electron chi connectivity index (χ3n) is 4.81. The summed E-state index contributed by atoms with van der Waals surface area (Å²) in [4.78, 5) is 48.9. The first-order chi connectivity index (χ1) is 13.3. The van der Waals surface area contributed by atoms with Crippen LogP contribution in [0.3, 0.4) is 0 Å². The lowest BCUT2D eigenvalue weighted by Gasteiger charge is -2.19. The highest BCUT2D eigenvalue weighted by molar-refractivity contribution is 6.07. The highest BCUT2D eigenvalue weighted by Crippen LogP contribution is 2.35. The van der Waals surface area contributed by atoms with Crippen LogP contribution in [0.25, 0.3) is 0 Å². The number of urea groups is 1. The lowest BCUT2D eigenvalue weighted by atomic mass is 9.98. The zero-order valence-electron chi connectivity index (χ0n) is 14.9. The number of nitrogens with one attached hydrogen (secondary N) is 2. The lowest BCUT2D eigenvalue weighted by Crippen LogP contribution is -2.44. The van der Waals surface area contributed by atoms with Crippen molar-refractivity contribution in [3.8, 4) is 0 Å². The molecule has 0 unspecified atom stereocenters. The summed E-state index contributed by atoms with van der Waals surface area (Å²) < 4.78 is 31.3. The van der Waals surface area contributed by atoms with Crippen LogP contribution in [0.4, 0.5) is 19.3 Å². The van der Waals surface area contributed by atoms with Gasteiger partial charge >= 0.3 is 12.0 Å². The minimum absolute atomic E-state index is 0.161. The quantitative estimate of drug-likeness (QED) is 0.564. The fraction of sp³-hybridized carbons (Fsp3) is 0.444. The van der Waals surface area contributed by atoms with E-state index in [4.69, 9.17) is 4.74 Å². The van der Waals surface area contributed by atoms with Crippen LogP contribution in [0, 0.1) is 11.6 Å². The number of esters is 1. The molecule has 3 rings (SSSR count). The van der Waals surface area contributed by atoms with Crippen molar-refractivity contribution in [3.05, 3.63) is 29.8 Å². The van der Waals surface area contributed by atoms with E-state index < -0.39 is 41.7 Å². The Kier molecular flexibility index (Phi) is 5.57. The largest absolute Gasteiger partial charge is 0.456 e. The van der Waals surface area contributed by atoms with Gasteiger partial charge in [-0.1, -0.05) is 12.8 Å². The highest BCUT2D eigenvalue weighted by Gasteiger charge is 2.52. The molecule has 4 amide bonds. The first kappa shape index (κ1) is 19.7. The van der Waals surface area contributed by atoms with Crippen LogP contribution in [0.5, 0.6) is 0 Å². The molecule has 1 spiro atoms. The molecule has 0 radical (unpaired) electrons. The van der Waals surface area contributed by atoms with Gasteiger partial charge in [0.25, 0.3) is 11.8 Å². The zero-order chi connectivity index (χ0) is 20.3. The number of benzene rings is 1. The Morgan fingerprint density at radius 3 is 2.64 bits per heavy atom. The summed E-state index contributed by atoms with van der Waals surface area (Å²) in [7, 11) is 0. The van der Waals surface area contributed by atoms with Crippen LogP contribution in [-0.2, 0) is 19.1 Å². The average Bonchev–Trinajstić information content (AvgIpc) is 3.20. The van der Waals surface area contributed by atoms with Crippen molar-refractivity contribution in [2.75, 3.05) is 18.5 Å². The minimum atomic E-state index is -0.851. The van der Waals surface area contributed by atoms with Gasteiger partial charge < -0.3 is 15.4 Å². The minimum Gasteiger partial charge on any atom is -0.456 e. The van der Waals surface area contributed by atoms with E-state index in [0.29, 0.717) is 12.8 Å². The number of amides is 4. The maximum absolute atomic E-state index is 13.5. The summed E-state index contributed by atoms with van der Waals surface area (Å²) in [5.41, 5.74) is -1.22. The molecule has 0 aromatic heterocycles. The first-order valence-corrected chi connectivity index (χ1v) is 8.85. The van der Waals surface area contributed by atoms with Crippen LogP contribution < -0.4 is 10.6 Å². The maximum atomic E-state index is 13.5. The van der Waals surface area contributed by atoms with Gasteiger partial charge in [0.05, 0.1) is 12.1 Å². The number of imide groups is 1. The van der Waals surface area contributed by atoms with Gasteiger partial charge in [0.1, 0.15) is 17.2 Å². The molecule has 1 aliphatic carbocycles. The van der Waals surface area contributed by atoms with E-state index in [1.807, 2.05) is 0 Å². The van der Waals surface area contributed by atoms with Crippen molar-refractivity contribution in [2.24, 2.45) is 0 Å². The standard InChI is InChI=1S/C18H19F2N3O5/c19-11-3-4-12(20)13(9-11)21-14(24)10-28-15(25)5-8-23-16(26)18(22-17(23)27)6-1-2-7-18/h3-4,9H,1-2,5-8,10H2,(H,21,24)(H,22,27). The van der Waals surface area contributed by atoms with Crippen molar-refractivity contribution in [2.45, 2.75) is 37.6 Å². The molecule has 1 aliphatic heterocycles. The van der Waals surface area contributed by atoms with E-state index in [1.54, 1.807) is 0 Å². The molecule has 150 valence electrons. The predicted molar refractivity (Wildman–Crippen MR) is 92.0 cm³/mol. The molecule has 1 aromatic rings. The second kappa shape index (κ2) is 7.91. The lowest BCUT2D eigenvalue weighted by molar-refractivity contribution is -0.147. The van der Waals surface area contributed by atoms with Gasteiger partial charge in [-0.25, -0.2) is 13.6 Å². The SMILES string of the molecule is O=C(COC(=O)CCN1C(=O)NC2(CCCC2)C1=O)Nc1cc(F)ccc1F. The van der Waals surface area contributed by atoms with Crippen LogP contribution >= 0.6 is 0 Å². The molecule has 0 atom stereocenters. The molecule has 0 bridgehead atoms. The number of carbonyl (C=O) groups is 4. The van der Waals surface area contributed by atoms with E-state index in [1.165, 1.54) is 0 Å². The van der Waals surface area contributed by atoms with Gasteiger partial charge in [-0.3, -0.25) is 19.3 Å². The van der Waals surface area contributed by atoms with E-state index in [9.17, 15) is 28.0 Å². The van der Waals surface area contributed by atoms with Gasteiger partial charge in [0, 0.05) is 12.6 Å². The van der Waals surface area contributed by atoms with Crippen molar-refractivity contribution in [3.63, 3.8) is 0 Å². The molecule has 10 heteroatoms. The predicted octanol–water partition coefficient (Wildman–Crippen LogP) is 1.70. The summed E-state index contributed by atoms with van der Waals surface area (Å²) in [6, 6.07) is 2.01. The fourth-order valence-electron chi connectivity index (χ4n) is 3.40. The van der Waals surface area contributed by atoms with Crippen LogP contribution in [-0.4, -0.2) is 47.4 Å².